The predicted octanol–water partition coefficient (Wildman–Crippen LogP) is 2.99. The molecule has 0 spiro atoms. The lowest BCUT2D eigenvalue weighted by atomic mass is 10.2. The number of ether oxygens (including phenoxy) is 2. The zero-order chi connectivity index (χ0) is 14.5. The van der Waals surface area contributed by atoms with E-state index in [2.05, 4.69) is 17.1 Å². The molecule has 4 nitrogen and oxygen atoms in total. The fourth-order valence-electron chi connectivity index (χ4n) is 2.18. The van der Waals surface area contributed by atoms with Gasteiger partial charge in [0, 0.05) is 29.8 Å². The van der Waals surface area contributed by atoms with Gasteiger partial charge in [-0.15, -0.1) is 11.8 Å². The maximum absolute atomic E-state index is 5.72. The van der Waals surface area contributed by atoms with Crippen LogP contribution in [0.3, 0.4) is 0 Å². The van der Waals surface area contributed by atoms with Gasteiger partial charge in [0.15, 0.2) is 11.5 Å². The third kappa shape index (κ3) is 3.49. The lowest BCUT2D eigenvalue weighted by Gasteiger charge is -2.10. The van der Waals surface area contributed by atoms with Crippen molar-refractivity contribution in [3.05, 3.63) is 47.8 Å². The molecule has 1 aromatic heterocycles. The number of nitrogens with two attached hydrogens (primary N) is 1. The van der Waals surface area contributed by atoms with E-state index >= 15 is 0 Å². The number of rotatable bonds is 4. The molecule has 2 N–H and O–H groups in total. The van der Waals surface area contributed by atoms with Crippen LogP contribution in [0.2, 0.25) is 0 Å². The molecular weight excluding hydrogens is 284 g/mol. The Morgan fingerprint density at radius 1 is 1.14 bits per heavy atom. The molecule has 3 rings (SSSR count). The van der Waals surface area contributed by atoms with Crippen molar-refractivity contribution in [2.45, 2.75) is 23.6 Å². The van der Waals surface area contributed by atoms with Gasteiger partial charge in [-0.2, -0.15) is 0 Å². The smallest absolute Gasteiger partial charge is 0.162 e. The van der Waals surface area contributed by atoms with Gasteiger partial charge < -0.3 is 15.2 Å². The van der Waals surface area contributed by atoms with E-state index in [0.29, 0.717) is 13.2 Å². The van der Waals surface area contributed by atoms with E-state index < -0.39 is 0 Å². The summed E-state index contributed by atoms with van der Waals surface area (Å²) in [4.78, 5) is 5.47. The highest BCUT2D eigenvalue weighted by Gasteiger charge is 2.11. The van der Waals surface area contributed by atoms with Crippen LogP contribution in [0.4, 0.5) is 0 Å². The third-order valence-corrected chi connectivity index (χ3v) is 4.33. The molecule has 21 heavy (non-hydrogen) atoms. The lowest BCUT2D eigenvalue weighted by Crippen LogP contribution is -2.03. The third-order valence-electron chi connectivity index (χ3n) is 3.29. The van der Waals surface area contributed by atoms with Crippen molar-refractivity contribution in [1.82, 2.24) is 4.98 Å². The van der Waals surface area contributed by atoms with E-state index in [-0.39, 0.29) is 0 Å². The summed E-state index contributed by atoms with van der Waals surface area (Å²) < 4.78 is 11.4. The molecule has 1 aliphatic rings. The molecule has 0 saturated carbocycles. The minimum Gasteiger partial charge on any atom is -0.490 e. The van der Waals surface area contributed by atoms with E-state index in [4.69, 9.17) is 15.2 Å². The van der Waals surface area contributed by atoms with Gasteiger partial charge in [-0.05, 0) is 29.8 Å². The number of pyridine rings is 1. The monoisotopic (exact) mass is 302 g/mol. The Balaban J connectivity index is 1.72. The van der Waals surface area contributed by atoms with Crippen molar-refractivity contribution >= 4 is 11.8 Å². The number of nitrogens with zero attached hydrogens (tertiary/aromatic N) is 1. The Hall–Kier alpha value is -1.72. The van der Waals surface area contributed by atoms with Crippen molar-refractivity contribution in [2.75, 3.05) is 13.2 Å². The summed E-state index contributed by atoms with van der Waals surface area (Å²) in [6, 6.07) is 10.1. The van der Waals surface area contributed by atoms with E-state index in [1.807, 2.05) is 18.2 Å². The minimum atomic E-state index is 0.470. The summed E-state index contributed by atoms with van der Waals surface area (Å²) >= 11 is 1.75. The van der Waals surface area contributed by atoms with Crippen LogP contribution in [0.15, 0.2) is 41.4 Å². The van der Waals surface area contributed by atoms with Gasteiger partial charge in [0.2, 0.25) is 0 Å². The lowest BCUT2D eigenvalue weighted by molar-refractivity contribution is 0.297. The van der Waals surface area contributed by atoms with Crippen molar-refractivity contribution in [2.24, 2.45) is 5.73 Å². The van der Waals surface area contributed by atoms with Crippen LogP contribution in [0.25, 0.3) is 0 Å². The first kappa shape index (κ1) is 14.2. The highest BCUT2D eigenvalue weighted by Crippen LogP contribution is 2.35. The number of thioether (sulfide) groups is 1. The maximum Gasteiger partial charge on any atom is 0.162 e. The number of benzene rings is 1. The van der Waals surface area contributed by atoms with Crippen LogP contribution in [-0.2, 0) is 12.3 Å². The Labute approximate surface area is 128 Å². The second-order valence-corrected chi connectivity index (χ2v) is 5.81. The van der Waals surface area contributed by atoms with E-state index in [9.17, 15) is 0 Å². The SMILES string of the molecule is NCc1ncccc1CSc1ccc2c(c1)OCCCO2. The van der Waals surface area contributed by atoms with Crippen LogP contribution in [0.1, 0.15) is 17.7 Å². The molecule has 0 fully saturated rings. The minimum absolute atomic E-state index is 0.470. The number of fused-ring (bicyclic) bond motifs is 1. The van der Waals surface area contributed by atoms with Gasteiger partial charge in [-0.1, -0.05) is 6.07 Å². The standard InChI is InChI=1S/C16H18N2O2S/c17-10-14-12(3-1-6-18-14)11-21-13-4-5-15-16(9-13)20-8-2-7-19-15/h1,3-6,9H,2,7-8,10-11,17H2. The van der Waals surface area contributed by atoms with Crippen LogP contribution >= 0.6 is 11.8 Å². The van der Waals surface area contributed by atoms with Gasteiger partial charge >= 0.3 is 0 Å². The molecule has 2 heterocycles. The quantitative estimate of drug-likeness (QED) is 0.880. The molecule has 110 valence electrons. The molecule has 0 amide bonds. The zero-order valence-corrected chi connectivity index (χ0v) is 12.6. The fraction of sp³-hybridized carbons (Fsp3) is 0.312. The van der Waals surface area contributed by atoms with Crippen LogP contribution in [0, 0.1) is 0 Å². The summed E-state index contributed by atoms with van der Waals surface area (Å²) in [5.74, 6) is 2.52. The number of aromatic nitrogens is 1. The summed E-state index contributed by atoms with van der Waals surface area (Å²) in [5.41, 5.74) is 7.86. The summed E-state index contributed by atoms with van der Waals surface area (Å²) in [7, 11) is 0. The van der Waals surface area contributed by atoms with Crippen molar-refractivity contribution in [3.63, 3.8) is 0 Å². The fourth-order valence-corrected chi connectivity index (χ4v) is 3.12. The van der Waals surface area contributed by atoms with Crippen LogP contribution in [-0.4, -0.2) is 18.2 Å². The number of hydrogen-bond donors (Lipinski definition) is 1. The molecule has 1 aromatic carbocycles. The second kappa shape index (κ2) is 6.83. The van der Waals surface area contributed by atoms with Gasteiger partial charge in [0.05, 0.1) is 18.9 Å². The van der Waals surface area contributed by atoms with E-state index in [1.54, 1.807) is 18.0 Å². The van der Waals surface area contributed by atoms with E-state index in [1.165, 1.54) is 5.56 Å². The van der Waals surface area contributed by atoms with Crippen molar-refractivity contribution in [1.29, 1.82) is 0 Å². The van der Waals surface area contributed by atoms with Crippen molar-refractivity contribution in [3.8, 4) is 11.5 Å². The Bertz CT molecular complexity index is 619. The normalized spacial score (nSPS) is 13.8. The van der Waals surface area contributed by atoms with E-state index in [0.717, 1.165) is 40.9 Å². The van der Waals surface area contributed by atoms with Gasteiger partial charge in [-0.25, -0.2) is 0 Å². The average molecular weight is 302 g/mol. The number of hydrogen-bond acceptors (Lipinski definition) is 5. The molecule has 5 heteroatoms. The molecular formula is C16H18N2O2S. The first-order chi connectivity index (χ1) is 10.4. The van der Waals surface area contributed by atoms with Crippen LogP contribution in [0.5, 0.6) is 11.5 Å². The second-order valence-electron chi connectivity index (χ2n) is 4.76. The van der Waals surface area contributed by atoms with Gasteiger partial charge in [0.1, 0.15) is 0 Å². The highest BCUT2D eigenvalue weighted by molar-refractivity contribution is 7.98. The Morgan fingerprint density at radius 3 is 2.86 bits per heavy atom. The molecule has 0 atom stereocenters. The molecule has 0 bridgehead atoms. The summed E-state index contributed by atoms with van der Waals surface area (Å²) in [6.07, 6.45) is 2.70. The predicted molar refractivity (Wildman–Crippen MR) is 83.7 cm³/mol. The topological polar surface area (TPSA) is 57.4 Å². The molecule has 0 unspecified atom stereocenters. The Kier molecular flexibility index (Phi) is 4.62. The van der Waals surface area contributed by atoms with Crippen LogP contribution < -0.4 is 15.2 Å². The average Bonchev–Trinajstić information content (AvgIpc) is 2.78. The van der Waals surface area contributed by atoms with Gasteiger partial charge in [0.25, 0.3) is 0 Å². The first-order valence-electron chi connectivity index (χ1n) is 7.02. The molecule has 1 aliphatic heterocycles. The molecule has 0 radical (unpaired) electrons. The van der Waals surface area contributed by atoms with Crippen molar-refractivity contribution < 1.29 is 9.47 Å². The highest BCUT2D eigenvalue weighted by atomic mass is 32.2. The molecule has 0 aliphatic carbocycles. The Morgan fingerprint density at radius 2 is 2.00 bits per heavy atom. The molecule has 2 aromatic rings. The first-order valence-corrected chi connectivity index (χ1v) is 8.00. The maximum atomic E-state index is 5.72. The summed E-state index contributed by atoms with van der Waals surface area (Å²) in [6.45, 7) is 1.90. The summed E-state index contributed by atoms with van der Waals surface area (Å²) in [5, 5.41) is 0. The zero-order valence-electron chi connectivity index (χ0n) is 11.7. The van der Waals surface area contributed by atoms with Gasteiger partial charge in [-0.3, -0.25) is 4.98 Å². The molecule has 0 saturated heterocycles. The largest absolute Gasteiger partial charge is 0.490 e.